The van der Waals surface area contributed by atoms with Crippen LogP contribution in [0.5, 0.6) is 0 Å². The number of anilines is 1. The fourth-order valence-electron chi connectivity index (χ4n) is 3.43. The maximum Gasteiger partial charge on any atom is 0.248 e. The summed E-state index contributed by atoms with van der Waals surface area (Å²) in [6.07, 6.45) is 1.27. The van der Waals surface area contributed by atoms with Crippen LogP contribution in [0.2, 0.25) is 0 Å². The molecule has 1 aromatic heterocycles. The van der Waals surface area contributed by atoms with E-state index in [9.17, 15) is 9.59 Å². The first-order valence-corrected chi connectivity index (χ1v) is 8.92. The zero-order valence-corrected chi connectivity index (χ0v) is 15.0. The number of aromatic nitrogens is 2. The summed E-state index contributed by atoms with van der Waals surface area (Å²) in [5.41, 5.74) is 1.40. The smallest absolute Gasteiger partial charge is 0.248 e. The number of hydrogen-bond acceptors (Lipinski definition) is 3. The van der Waals surface area contributed by atoms with Crippen molar-refractivity contribution in [1.82, 2.24) is 9.78 Å². The molecule has 0 N–H and O–H groups in total. The molecule has 0 fully saturated rings. The van der Waals surface area contributed by atoms with E-state index in [2.05, 4.69) is 5.10 Å². The van der Waals surface area contributed by atoms with E-state index in [4.69, 9.17) is 0 Å². The van der Waals surface area contributed by atoms with Crippen LogP contribution in [0.15, 0.2) is 77.7 Å². The molecule has 5 nitrogen and oxygen atoms in total. The third-order valence-electron chi connectivity index (χ3n) is 4.72. The van der Waals surface area contributed by atoms with Gasteiger partial charge in [-0.1, -0.05) is 48.5 Å². The van der Waals surface area contributed by atoms with Gasteiger partial charge in [-0.15, -0.1) is 0 Å². The molecule has 0 aliphatic heterocycles. The molecule has 0 aliphatic carbocycles. The van der Waals surface area contributed by atoms with Crippen molar-refractivity contribution in [3.8, 4) is 0 Å². The Labute approximate surface area is 156 Å². The van der Waals surface area contributed by atoms with Gasteiger partial charge in [0.1, 0.15) is 6.54 Å². The summed E-state index contributed by atoms with van der Waals surface area (Å²) in [7, 11) is 0. The van der Waals surface area contributed by atoms with Crippen LogP contribution in [0.25, 0.3) is 21.7 Å². The number of likely N-dealkylation sites (N-methyl/N-ethyl adjacent to an activating group) is 1. The Morgan fingerprint density at radius 2 is 1.67 bits per heavy atom. The first-order valence-electron chi connectivity index (χ1n) is 8.92. The predicted octanol–water partition coefficient (Wildman–Crippen LogP) is 3.60. The molecule has 4 rings (SSSR count). The lowest BCUT2D eigenvalue weighted by Crippen LogP contribution is -2.34. The molecule has 0 aliphatic rings. The van der Waals surface area contributed by atoms with Gasteiger partial charge < -0.3 is 4.90 Å². The van der Waals surface area contributed by atoms with Crippen LogP contribution in [-0.4, -0.2) is 22.2 Å². The highest BCUT2D eigenvalue weighted by Crippen LogP contribution is 2.27. The second kappa shape index (κ2) is 7.03. The highest BCUT2D eigenvalue weighted by molar-refractivity contribution is 6.03. The van der Waals surface area contributed by atoms with Gasteiger partial charge in [-0.05, 0) is 30.5 Å². The van der Waals surface area contributed by atoms with Crippen LogP contribution in [0.1, 0.15) is 6.92 Å². The fourth-order valence-corrected chi connectivity index (χ4v) is 3.43. The normalized spacial score (nSPS) is 11.0. The van der Waals surface area contributed by atoms with E-state index < -0.39 is 0 Å². The maximum atomic E-state index is 13.1. The summed E-state index contributed by atoms with van der Waals surface area (Å²) in [4.78, 5) is 26.9. The Hall–Kier alpha value is -3.47. The van der Waals surface area contributed by atoms with Crippen molar-refractivity contribution in [3.05, 3.63) is 83.2 Å². The summed E-state index contributed by atoms with van der Waals surface area (Å²) < 4.78 is 1.59. The van der Waals surface area contributed by atoms with Crippen molar-refractivity contribution in [2.75, 3.05) is 11.4 Å². The van der Waals surface area contributed by atoms with Crippen molar-refractivity contribution < 1.29 is 4.79 Å². The van der Waals surface area contributed by atoms with Crippen LogP contribution in [0.4, 0.5) is 5.69 Å². The van der Waals surface area contributed by atoms with Gasteiger partial charge in [-0.2, -0.15) is 5.10 Å². The Bertz CT molecular complexity index is 1190. The van der Waals surface area contributed by atoms with E-state index in [0.29, 0.717) is 17.4 Å². The third kappa shape index (κ3) is 3.08. The molecule has 5 heteroatoms. The zero-order chi connectivity index (χ0) is 18.8. The first kappa shape index (κ1) is 17.0. The van der Waals surface area contributed by atoms with Gasteiger partial charge in [-0.3, -0.25) is 14.3 Å². The summed E-state index contributed by atoms with van der Waals surface area (Å²) in [6.45, 7) is 2.57. The van der Waals surface area contributed by atoms with Crippen molar-refractivity contribution >= 4 is 33.3 Å². The highest BCUT2D eigenvalue weighted by atomic mass is 16.2. The molecule has 1 amide bonds. The summed E-state index contributed by atoms with van der Waals surface area (Å²) in [5.74, 6) is -0.0739. The van der Waals surface area contributed by atoms with Gasteiger partial charge in [0.05, 0.1) is 17.4 Å². The number of carbonyl (C=O) groups is 1. The van der Waals surface area contributed by atoms with Crippen LogP contribution >= 0.6 is 0 Å². The average molecular weight is 357 g/mol. The maximum absolute atomic E-state index is 13.1. The number of nitrogens with zero attached hydrogens (tertiary/aromatic N) is 3. The van der Waals surface area contributed by atoms with Gasteiger partial charge in [0.2, 0.25) is 11.3 Å². The van der Waals surface area contributed by atoms with Crippen LogP contribution in [0.3, 0.4) is 0 Å². The average Bonchev–Trinajstić information content (AvgIpc) is 2.71. The van der Waals surface area contributed by atoms with E-state index in [1.807, 2.05) is 67.6 Å². The summed E-state index contributed by atoms with van der Waals surface area (Å²) in [6, 6.07) is 21.2. The van der Waals surface area contributed by atoms with Gasteiger partial charge in [0.25, 0.3) is 0 Å². The molecule has 1 heterocycles. The number of carbonyl (C=O) groups excluding carboxylic acids is 1. The number of para-hydroxylation sites is 1. The monoisotopic (exact) mass is 357 g/mol. The second-order valence-electron chi connectivity index (χ2n) is 6.32. The lowest BCUT2D eigenvalue weighted by atomic mass is 10.1. The minimum absolute atomic E-state index is 0.0673. The lowest BCUT2D eigenvalue weighted by molar-refractivity contribution is -0.119. The molecule has 0 bridgehead atoms. The van der Waals surface area contributed by atoms with Crippen molar-refractivity contribution in [2.24, 2.45) is 0 Å². The predicted molar refractivity (Wildman–Crippen MR) is 108 cm³/mol. The lowest BCUT2D eigenvalue weighted by Gasteiger charge is -2.23. The van der Waals surface area contributed by atoms with Gasteiger partial charge in [-0.25, -0.2) is 0 Å². The molecule has 0 atom stereocenters. The Kier molecular flexibility index (Phi) is 4.42. The Morgan fingerprint density at radius 3 is 2.48 bits per heavy atom. The molecule has 0 saturated carbocycles. The van der Waals surface area contributed by atoms with Crippen molar-refractivity contribution in [1.29, 1.82) is 0 Å². The van der Waals surface area contributed by atoms with Gasteiger partial charge in [0, 0.05) is 17.3 Å². The van der Waals surface area contributed by atoms with Gasteiger partial charge >= 0.3 is 0 Å². The summed E-state index contributed by atoms with van der Waals surface area (Å²) >= 11 is 0. The van der Waals surface area contributed by atoms with Gasteiger partial charge in [0.15, 0.2) is 0 Å². The van der Waals surface area contributed by atoms with Crippen LogP contribution in [0, 0.1) is 0 Å². The number of hydrogen-bond donors (Lipinski definition) is 0. The van der Waals surface area contributed by atoms with E-state index in [1.54, 1.807) is 15.6 Å². The zero-order valence-electron chi connectivity index (χ0n) is 15.0. The molecular weight excluding hydrogens is 338 g/mol. The van der Waals surface area contributed by atoms with E-state index in [0.717, 1.165) is 16.5 Å². The Morgan fingerprint density at radius 1 is 0.963 bits per heavy atom. The standard InChI is InChI=1S/C22H19N3O2/c1-2-24(19-13-7-9-16-8-3-4-10-17(16)19)22(27)15-25-20-12-6-5-11-18(20)21(26)14-23-25/h3-14H,2,15H2,1H3. The van der Waals surface area contributed by atoms with Crippen molar-refractivity contribution in [2.45, 2.75) is 13.5 Å². The van der Waals surface area contributed by atoms with Crippen molar-refractivity contribution in [3.63, 3.8) is 0 Å². The van der Waals surface area contributed by atoms with E-state index in [-0.39, 0.29) is 17.9 Å². The molecule has 0 radical (unpaired) electrons. The molecule has 4 aromatic rings. The number of fused-ring (bicyclic) bond motifs is 2. The minimum Gasteiger partial charge on any atom is -0.310 e. The topological polar surface area (TPSA) is 55.2 Å². The number of benzene rings is 3. The quantitative estimate of drug-likeness (QED) is 0.561. The molecular formula is C22H19N3O2. The second-order valence-corrected chi connectivity index (χ2v) is 6.32. The molecule has 0 unspecified atom stereocenters. The Balaban J connectivity index is 1.74. The highest BCUT2D eigenvalue weighted by Gasteiger charge is 2.17. The molecule has 134 valence electrons. The SMILES string of the molecule is CCN(C(=O)Cn1ncc(=O)c2ccccc21)c1cccc2ccccc12. The molecule has 3 aromatic carbocycles. The fraction of sp³-hybridized carbons (Fsp3) is 0.136. The number of amides is 1. The number of rotatable bonds is 4. The van der Waals surface area contributed by atoms with E-state index in [1.165, 1.54) is 6.20 Å². The largest absolute Gasteiger partial charge is 0.310 e. The van der Waals surface area contributed by atoms with Crippen LogP contribution < -0.4 is 10.3 Å². The molecule has 0 spiro atoms. The van der Waals surface area contributed by atoms with E-state index >= 15 is 0 Å². The minimum atomic E-state index is -0.143. The molecule has 0 saturated heterocycles. The molecule has 27 heavy (non-hydrogen) atoms. The summed E-state index contributed by atoms with van der Waals surface area (Å²) in [5, 5.41) is 6.87. The first-order chi connectivity index (χ1) is 13.2. The van der Waals surface area contributed by atoms with Crippen LogP contribution in [-0.2, 0) is 11.3 Å². The third-order valence-corrected chi connectivity index (χ3v) is 4.72.